The summed E-state index contributed by atoms with van der Waals surface area (Å²) in [5, 5.41) is 1.66. The zero-order chi connectivity index (χ0) is 15.5. The molecule has 0 aliphatic carbocycles. The predicted molar refractivity (Wildman–Crippen MR) is 83.4 cm³/mol. The van der Waals surface area contributed by atoms with E-state index < -0.39 is 5.91 Å². The van der Waals surface area contributed by atoms with E-state index in [0.29, 0.717) is 11.1 Å². The predicted octanol–water partition coefficient (Wildman–Crippen LogP) is 2.11. The van der Waals surface area contributed by atoms with Crippen LogP contribution in [0.15, 0.2) is 67.0 Å². The highest BCUT2D eigenvalue weighted by molar-refractivity contribution is 6.05. The van der Waals surface area contributed by atoms with Crippen LogP contribution in [-0.2, 0) is 6.54 Å². The van der Waals surface area contributed by atoms with Gasteiger partial charge in [0.05, 0.1) is 0 Å². The molecular formula is C18H15N2O2+. The Morgan fingerprint density at radius 2 is 1.73 bits per heavy atom. The van der Waals surface area contributed by atoms with Crippen LogP contribution in [0.1, 0.15) is 20.7 Å². The van der Waals surface area contributed by atoms with Gasteiger partial charge in [0.2, 0.25) is 18.2 Å². The minimum Gasteiger partial charge on any atom is -0.366 e. The van der Waals surface area contributed by atoms with Crippen molar-refractivity contribution in [1.29, 1.82) is 0 Å². The standard InChI is InChI=1S/C18H14N2O2/c19-18(22)16-8-4-7-14-11-20(10-9-15(14)16)12-17(21)13-5-2-1-3-6-13/h1-11H,12H2,(H-,19,22)/p+1. The fourth-order valence-corrected chi connectivity index (χ4v) is 2.47. The van der Waals surface area contributed by atoms with Gasteiger partial charge in [-0.2, -0.15) is 4.57 Å². The summed E-state index contributed by atoms with van der Waals surface area (Å²) in [6.45, 7) is 0.251. The van der Waals surface area contributed by atoms with Crippen LogP contribution < -0.4 is 10.3 Å². The molecule has 4 nitrogen and oxygen atoms in total. The lowest BCUT2D eigenvalue weighted by molar-refractivity contribution is -0.681. The Morgan fingerprint density at radius 3 is 2.45 bits per heavy atom. The average molecular weight is 291 g/mol. The Balaban J connectivity index is 1.93. The first-order chi connectivity index (χ1) is 10.6. The van der Waals surface area contributed by atoms with Crippen LogP contribution >= 0.6 is 0 Å². The molecule has 2 aromatic carbocycles. The zero-order valence-electron chi connectivity index (χ0n) is 11.9. The normalized spacial score (nSPS) is 10.5. The van der Waals surface area contributed by atoms with Crippen LogP contribution in [0, 0.1) is 0 Å². The summed E-state index contributed by atoms with van der Waals surface area (Å²) in [6, 6.07) is 16.4. The molecule has 0 spiro atoms. The Hall–Kier alpha value is -3.01. The van der Waals surface area contributed by atoms with Gasteiger partial charge in [-0.15, -0.1) is 0 Å². The van der Waals surface area contributed by atoms with Crippen LogP contribution in [0.5, 0.6) is 0 Å². The van der Waals surface area contributed by atoms with E-state index >= 15 is 0 Å². The highest BCUT2D eigenvalue weighted by Crippen LogP contribution is 2.16. The Kier molecular flexibility index (Phi) is 3.66. The Morgan fingerprint density at radius 1 is 0.955 bits per heavy atom. The first kappa shape index (κ1) is 13.9. The number of hydrogen-bond acceptors (Lipinski definition) is 2. The third kappa shape index (κ3) is 2.72. The molecule has 0 saturated carbocycles. The van der Waals surface area contributed by atoms with Crippen molar-refractivity contribution < 1.29 is 14.2 Å². The van der Waals surface area contributed by atoms with E-state index in [1.165, 1.54) is 0 Å². The Bertz CT molecular complexity index is 857. The number of aromatic nitrogens is 1. The van der Waals surface area contributed by atoms with Crippen LogP contribution in [0.25, 0.3) is 10.8 Å². The lowest BCUT2D eigenvalue weighted by Gasteiger charge is -2.03. The zero-order valence-corrected chi connectivity index (χ0v) is 11.9. The third-order valence-electron chi connectivity index (χ3n) is 3.56. The minimum absolute atomic E-state index is 0.0380. The van der Waals surface area contributed by atoms with E-state index in [1.807, 2.05) is 41.1 Å². The number of amides is 1. The highest BCUT2D eigenvalue weighted by atomic mass is 16.1. The third-order valence-corrected chi connectivity index (χ3v) is 3.56. The number of nitrogens with two attached hydrogens (primary N) is 1. The topological polar surface area (TPSA) is 64.0 Å². The van der Waals surface area contributed by atoms with Gasteiger partial charge in [-0.05, 0) is 12.1 Å². The fraction of sp³-hybridized carbons (Fsp3) is 0.0556. The van der Waals surface area contributed by atoms with Gasteiger partial charge in [-0.1, -0.05) is 36.4 Å². The van der Waals surface area contributed by atoms with Crippen molar-refractivity contribution in [2.75, 3.05) is 0 Å². The number of carbonyl (C=O) groups excluding carboxylic acids is 2. The van der Waals surface area contributed by atoms with Crippen molar-refractivity contribution in [1.82, 2.24) is 0 Å². The molecular weight excluding hydrogens is 276 g/mol. The fourth-order valence-electron chi connectivity index (χ4n) is 2.47. The summed E-state index contributed by atoms with van der Waals surface area (Å²) in [5.41, 5.74) is 6.54. The number of hydrogen-bond donors (Lipinski definition) is 1. The molecule has 4 heteroatoms. The number of nitrogens with zero attached hydrogens (tertiary/aromatic N) is 1. The minimum atomic E-state index is -0.455. The summed E-state index contributed by atoms with van der Waals surface area (Å²) in [5.74, 6) is -0.417. The van der Waals surface area contributed by atoms with E-state index in [-0.39, 0.29) is 12.3 Å². The van der Waals surface area contributed by atoms with Crippen molar-refractivity contribution in [3.05, 3.63) is 78.1 Å². The summed E-state index contributed by atoms with van der Waals surface area (Å²) >= 11 is 0. The Labute approximate surface area is 127 Å². The van der Waals surface area contributed by atoms with Gasteiger partial charge in [0, 0.05) is 28.0 Å². The number of ketones is 1. The maximum atomic E-state index is 12.2. The largest absolute Gasteiger partial charge is 0.366 e. The molecule has 0 unspecified atom stereocenters. The second kappa shape index (κ2) is 5.77. The van der Waals surface area contributed by atoms with Gasteiger partial charge in [0.15, 0.2) is 12.4 Å². The van der Waals surface area contributed by atoms with Gasteiger partial charge < -0.3 is 5.73 Å². The summed E-state index contributed by atoms with van der Waals surface area (Å²) in [7, 11) is 0. The molecule has 1 amide bonds. The maximum Gasteiger partial charge on any atom is 0.249 e. The quantitative estimate of drug-likeness (QED) is 0.591. The molecule has 0 saturated heterocycles. The molecule has 0 aliphatic rings. The van der Waals surface area contributed by atoms with E-state index in [4.69, 9.17) is 5.73 Å². The van der Waals surface area contributed by atoms with Gasteiger partial charge in [-0.25, -0.2) is 0 Å². The first-order valence-electron chi connectivity index (χ1n) is 6.95. The van der Waals surface area contributed by atoms with Crippen LogP contribution in [0.3, 0.4) is 0 Å². The highest BCUT2D eigenvalue weighted by Gasteiger charge is 2.14. The van der Waals surface area contributed by atoms with E-state index in [0.717, 1.165) is 10.8 Å². The molecule has 0 bridgehead atoms. The van der Waals surface area contributed by atoms with Gasteiger partial charge >= 0.3 is 0 Å². The number of carbonyl (C=O) groups is 2. The molecule has 108 valence electrons. The van der Waals surface area contributed by atoms with Crippen molar-refractivity contribution in [3.63, 3.8) is 0 Å². The summed E-state index contributed by atoms with van der Waals surface area (Å²) in [6.07, 6.45) is 3.64. The van der Waals surface area contributed by atoms with Crippen molar-refractivity contribution in [2.45, 2.75) is 6.54 Å². The monoisotopic (exact) mass is 291 g/mol. The second-order valence-electron chi connectivity index (χ2n) is 5.08. The molecule has 0 radical (unpaired) electrons. The van der Waals surface area contributed by atoms with Crippen LogP contribution in [0.4, 0.5) is 0 Å². The maximum absolute atomic E-state index is 12.2. The van der Waals surface area contributed by atoms with Gasteiger partial charge in [0.1, 0.15) is 0 Å². The van der Waals surface area contributed by atoms with Gasteiger partial charge in [0.25, 0.3) is 0 Å². The van der Waals surface area contributed by atoms with Crippen molar-refractivity contribution in [2.24, 2.45) is 5.73 Å². The van der Waals surface area contributed by atoms with Crippen molar-refractivity contribution >= 4 is 22.5 Å². The summed E-state index contributed by atoms with van der Waals surface area (Å²) < 4.78 is 1.81. The van der Waals surface area contributed by atoms with Gasteiger partial charge in [-0.3, -0.25) is 9.59 Å². The number of primary amides is 1. The number of rotatable bonds is 4. The van der Waals surface area contributed by atoms with Crippen molar-refractivity contribution in [3.8, 4) is 0 Å². The number of benzene rings is 2. The lowest BCUT2D eigenvalue weighted by Crippen LogP contribution is -2.37. The van der Waals surface area contributed by atoms with Crippen LogP contribution in [0.2, 0.25) is 0 Å². The number of pyridine rings is 1. The van der Waals surface area contributed by atoms with E-state index in [9.17, 15) is 9.59 Å². The van der Waals surface area contributed by atoms with E-state index in [1.54, 1.807) is 30.5 Å². The molecule has 1 aromatic heterocycles. The molecule has 0 aliphatic heterocycles. The first-order valence-corrected chi connectivity index (χ1v) is 6.95. The van der Waals surface area contributed by atoms with E-state index in [2.05, 4.69) is 0 Å². The average Bonchev–Trinajstić information content (AvgIpc) is 2.54. The summed E-state index contributed by atoms with van der Waals surface area (Å²) in [4.78, 5) is 23.7. The smallest absolute Gasteiger partial charge is 0.249 e. The molecule has 3 rings (SSSR count). The number of fused-ring (bicyclic) bond motifs is 1. The molecule has 0 atom stereocenters. The number of Topliss-reactive ketones (excluding diaryl/α,β-unsaturated/α-hetero) is 1. The second-order valence-corrected chi connectivity index (χ2v) is 5.08. The molecule has 0 fully saturated rings. The molecule has 2 N–H and O–H groups in total. The molecule has 22 heavy (non-hydrogen) atoms. The molecule has 3 aromatic rings. The lowest BCUT2D eigenvalue weighted by atomic mass is 10.1. The SMILES string of the molecule is NC(=O)c1cccc2c[n+](CC(=O)c3ccccc3)ccc12. The van der Waals surface area contributed by atoms with Crippen LogP contribution in [-0.4, -0.2) is 11.7 Å². The molecule has 1 heterocycles.